The molecule has 0 amide bonds. The second-order valence-electron chi connectivity index (χ2n) is 9.18. The number of azo groups is 1. The number of tetrazole rings is 1. The summed E-state index contributed by atoms with van der Waals surface area (Å²) in [5, 5.41) is 36.9. The zero-order valence-corrected chi connectivity index (χ0v) is 21.6. The smallest absolute Gasteiger partial charge is 0.299 e. The maximum atomic E-state index is 13.6. The van der Waals surface area contributed by atoms with Crippen molar-refractivity contribution in [3.63, 3.8) is 0 Å². The molecule has 0 atom stereocenters. The maximum absolute atomic E-state index is 13.6. The number of phenols is 1. The summed E-state index contributed by atoms with van der Waals surface area (Å²) < 4.78 is 1.44. The summed E-state index contributed by atoms with van der Waals surface area (Å²) >= 11 is 0. The van der Waals surface area contributed by atoms with Gasteiger partial charge in [0.25, 0.3) is 5.56 Å². The number of aryl methyl sites for hydroxylation is 2. The van der Waals surface area contributed by atoms with Gasteiger partial charge in [0.15, 0.2) is 17.3 Å². The topological polar surface area (TPSA) is 150 Å². The van der Waals surface area contributed by atoms with Crippen molar-refractivity contribution in [3.05, 3.63) is 107 Å². The number of aromatic hydroxyl groups is 1. The van der Waals surface area contributed by atoms with E-state index < -0.39 is 0 Å². The number of rotatable bonds is 6. The molecule has 0 saturated heterocycles. The van der Waals surface area contributed by atoms with Crippen LogP contribution in [-0.4, -0.2) is 40.5 Å². The summed E-state index contributed by atoms with van der Waals surface area (Å²) in [6, 6.07) is 21.9. The van der Waals surface area contributed by atoms with Crippen LogP contribution in [0.2, 0.25) is 0 Å². The molecule has 0 aliphatic heterocycles. The molecule has 0 fully saturated rings. The summed E-state index contributed by atoms with van der Waals surface area (Å²) in [5.41, 5.74) is 6.04. The van der Waals surface area contributed by atoms with Gasteiger partial charge in [0.2, 0.25) is 0 Å². The van der Waals surface area contributed by atoms with Crippen molar-refractivity contribution in [3.8, 4) is 45.2 Å². The van der Waals surface area contributed by atoms with Crippen LogP contribution in [0.1, 0.15) is 11.1 Å². The van der Waals surface area contributed by atoms with Crippen LogP contribution in [0.15, 0.2) is 100 Å². The fourth-order valence-electron chi connectivity index (χ4n) is 4.35. The number of aromatic amines is 2. The molecule has 0 bridgehead atoms. The second kappa shape index (κ2) is 10.2. The summed E-state index contributed by atoms with van der Waals surface area (Å²) in [7, 11) is 0. The van der Waals surface area contributed by atoms with Gasteiger partial charge in [-0.1, -0.05) is 36.4 Å². The lowest BCUT2D eigenvalue weighted by Crippen LogP contribution is -2.14. The van der Waals surface area contributed by atoms with Gasteiger partial charge in [0, 0.05) is 29.1 Å². The molecular formula is C29H23N9O2. The van der Waals surface area contributed by atoms with Gasteiger partial charge >= 0.3 is 0 Å². The Morgan fingerprint density at radius 3 is 2.42 bits per heavy atom. The number of hydrogen-bond donors (Lipinski definition) is 3. The Balaban J connectivity index is 1.42. The Labute approximate surface area is 227 Å². The first-order valence-corrected chi connectivity index (χ1v) is 12.4. The minimum absolute atomic E-state index is 0.0745. The van der Waals surface area contributed by atoms with E-state index >= 15 is 0 Å². The van der Waals surface area contributed by atoms with Crippen LogP contribution in [0.5, 0.6) is 5.75 Å². The van der Waals surface area contributed by atoms with E-state index in [0.717, 1.165) is 27.8 Å². The van der Waals surface area contributed by atoms with Gasteiger partial charge in [-0.2, -0.15) is 0 Å². The molecule has 0 radical (unpaired) electrons. The predicted octanol–water partition coefficient (Wildman–Crippen LogP) is 5.81. The summed E-state index contributed by atoms with van der Waals surface area (Å²) in [6.45, 7) is 4.01. The normalized spacial score (nSPS) is 11.3. The van der Waals surface area contributed by atoms with E-state index in [1.165, 1.54) is 4.68 Å². The van der Waals surface area contributed by atoms with E-state index in [9.17, 15) is 9.90 Å². The molecule has 0 aliphatic carbocycles. The van der Waals surface area contributed by atoms with Gasteiger partial charge < -0.3 is 5.11 Å². The number of pyridine rings is 1. The molecule has 0 unspecified atom stereocenters. The third kappa shape index (κ3) is 4.56. The molecule has 0 saturated carbocycles. The van der Waals surface area contributed by atoms with Gasteiger partial charge in [0.05, 0.1) is 11.4 Å². The minimum atomic E-state index is -0.372. The third-order valence-electron chi connectivity index (χ3n) is 6.65. The van der Waals surface area contributed by atoms with E-state index in [4.69, 9.17) is 0 Å². The van der Waals surface area contributed by atoms with Crippen molar-refractivity contribution in [2.75, 3.05) is 0 Å². The Morgan fingerprint density at radius 1 is 0.850 bits per heavy atom. The third-order valence-corrected chi connectivity index (χ3v) is 6.65. The second-order valence-corrected chi connectivity index (χ2v) is 9.18. The van der Waals surface area contributed by atoms with E-state index in [0.29, 0.717) is 22.8 Å². The number of H-pyrrole nitrogens is 2. The molecule has 3 N–H and O–H groups in total. The van der Waals surface area contributed by atoms with Crippen LogP contribution in [0, 0.1) is 13.8 Å². The van der Waals surface area contributed by atoms with Gasteiger partial charge in [-0.05, 0) is 77.4 Å². The summed E-state index contributed by atoms with van der Waals surface area (Å²) in [6.07, 6.45) is 3.28. The molecule has 40 heavy (non-hydrogen) atoms. The highest BCUT2D eigenvalue weighted by Gasteiger charge is 2.18. The van der Waals surface area contributed by atoms with Crippen LogP contribution in [0.4, 0.5) is 11.4 Å². The molecule has 11 heteroatoms. The number of nitrogens with one attached hydrogen (secondary N) is 2. The number of para-hydroxylation sites is 1. The number of phenolic OH excluding ortho intramolecular Hbond substituents is 1. The number of hydrogen-bond acceptors (Lipinski definition) is 8. The first kappa shape index (κ1) is 24.6. The van der Waals surface area contributed by atoms with Crippen LogP contribution in [0.3, 0.4) is 0 Å². The van der Waals surface area contributed by atoms with Crippen LogP contribution in [-0.2, 0) is 0 Å². The minimum Gasteiger partial charge on any atom is -0.505 e. The lowest BCUT2D eigenvalue weighted by atomic mass is 10.0. The monoisotopic (exact) mass is 529 g/mol. The highest BCUT2D eigenvalue weighted by Crippen LogP contribution is 2.39. The average molecular weight is 530 g/mol. The fourth-order valence-corrected chi connectivity index (χ4v) is 4.35. The summed E-state index contributed by atoms with van der Waals surface area (Å²) in [4.78, 5) is 17.7. The van der Waals surface area contributed by atoms with Crippen molar-refractivity contribution < 1.29 is 5.11 Å². The molecule has 196 valence electrons. The Hall–Kier alpha value is -5.71. The fraction of sp³-hybridized carbons (Fsp3) is 0.0690. The quantitative estimate of drug-likeness (QED) is 0.232. The standard InChI is InChI=1S/C29H23N9O2/c1-17-9-10-22(15-18(17)2)38-29(40)26(25(35-38)19-11-13-30-14-12-19)32-31-24-8-4-7-23(27(24)39)20-5-3-6-21(16-20)28-33-36-37-34-28/h3-16,35,39H,1-2H3,(H,33,34,36,37). The lowest BCUT2D eigenvalue weighted by molar-refractivity contribution is 0.478. The van der Waals surface area contributed by atoms with Crippen molar-refractivity contribution in [2.45, 2.75) is 13.8 Å². The van der Waals surface area contributed by atoms with Gasteiger partial charge in [0.1, 0.15) is 5.69 Å². The van der Waals surface area contributed by atoms with Gasteiger partial charge in [-0.3, -0.25) is 14.9 Å². The van der Waals surface area contributed by atoms with Crippen LogP contribution >= 0.6 is 0 Å². The molecular weight excluding hydrogens is 506 g/mol. The Kier molecular flexibility index (Phi) is 6.29. The molecule has 0 spiro atoms. The Bertz CT molecular complexity index is 1910. The highest BCUT2D eigenvalue weighted by atomic mass is 16.3. The van der Waals surface area contributed by atoms with Crippen molar-refractivity contribution >= 4 is 11.4 Å². The average Bonchev–Trinajstić information content (AvgIpc) is 3.63. The van der Waals surface area contributed by atoms with E-state index in [-0.39, 0.29) is 22.7 Å². The van der Waals surface area contributed by atoms with Gasteiger partial charge in [-0.15, -0.1) is 15.3 Å². The number of nitrogens with zero attached hydrogens (tertiary/aromatic N) is 7. The first-order chi connectivity index (χ1) is 19.5. The Morgan fingerprint density at radius 2 is 1.65 bits per heavy atom. The number of aromatic nitrogens is 7. The van der Waals surface area contributed by atoms with E-state index in [2.05, 4.69) is 40.9 Å². The van der Waals surface area contributed by atoms with E-state index in [1.807, 2.05) is 56.3 Å². The zero-order chi connectivity index (χ0) is 27.6. The van der Waals surface area contributed by atoms with Crippen LogP contribution < -0.4 is 5.56 Å². The number of benzene rings is 3. The van der Waals surface area contributed by atoms with Gasteiger partial charge in [-0.25, -0.2) is 9.78 Å². The van der Waals surface area contributed by atoms with Crippen LogP contribution in [0.25, 0.3) is 39.5 Å². The summed E-state index contributed by atoms with van der Waals surface area (Å²) in [5.74, 6) is 0.433. The SMILES string of the molecule is Cc1ccc(-n2[nH]c(-c3ccncc3)c(N=Nc3cccc(-c4cccc(-c5nnn[nH]5)c4)c3O)c2=O)cc1C. The van der Waals surface area contributed by atoms with Crippen molar-refractivity contribution in [1.82, 2.24) is 35.4 Å². The van der Waals surface area contributed by atoms with Crippen molar-refractivity contribution in [2.24, 2.45) is 10.2 Å². The molecule has 3 aromatic heterocycles. The lowest BCUT2D eigenvalue weighted by Gasteiger charge is -2.08. The predicted molar refractivity (Wildman–Crippen MR) is 150 cm³/mol. The first-order valence-electron chi connectivity index (χ1n) is 12.4. The molecule has 3 aromatic carbocycles. The largest absolute Gasteiger partial charge is 0.505 e. The molecule has 6 rings (SSSR count). The van der Waals surface area contributed by atoms with E-state index in [1.54, 1.807) is 42.7 Å². The van der Waals surface area contributed by atoms with Crippen molar-refractivity contribution in [1.29, 1.82) is 0 Å². The highest BCUT2D eigenvalue weighted by molar-refractivity contribution is 5.79. The molecule has 0 aliphatic rings. The maximum Gasteiger partial charge on any atom is 0.299 e. The zero-order valence-electron chi connectivity index (χ0n) is 21.6. The molecule has 3 heterocycles. The molecule has 11 nitrogen and oxygen atoms in total. The molecule has 6 aromatic rings.